The van der Waals surface area contributed by atoms with Gasteiger partial charge in [-0.2, -0.15) is 0 Å². The van der Waals surface area contributed by atoms with Gasteiger partial charge in [-0.25, -0.2) is 0 Å². The highest BCUT2D eigenvalue weighted by Crippen LogP contribution is 2.64. The van der Waals surface area contributed by atoms with Gasteiger partial charge in [0.1, 0.15) is 17.6 Å². The molecule has 0 aromatic heterocycles. The first-order chi connectivity index (χ1) is 19.0. The fraction of sp³-hybridized carbons (Fsp3) is 0.788. The third kappa shape index (κ3) is 6.15. The number of carbonyl (C=O) groups excluding carboxylic acids is 3. The summed E-state index contributed by atoms with van der Waals surface area (Å²) in [4.78, 5) is 46.3. The number of fused-ring (bicyclic) bond motifs is 1. The molecule has 2 bridgehead atoms. The first-order valence-corrected chi connectivity index (χ1v) is 15.3. The van der Waals surface area contributed by atoms with E-state index in [1.807, 2.05) is 45.6 Å². The summed E-state index contributed by atoms with van der Waals surface area (Å²) in [5, 5.41) is 10.5. The lowest BCUT2D eigenvalue weighted by Crippen LogP contribution is -2.63. The molecule has 41 heavy (non-hydrogen) atoms. The second-order valence-corrected chi connectivity index (χ2v) is 14.7. The predicted octanol–water partition coefficient (Wildman–Crippen LogP) is 4.90. The molecule has 3 fully saturated rings. The minimum absolute atomic E-state index is 0.0584. The fourth-order valence-electron chi connectivity index (χ4n) is 7.94. The number of nitrogens with zero attached hydrogens (tertiary/aromatic N) is 2. The maximum absolute atomic E-state index is 14.8. The van der Waals surface area contributed by atoms with Gasteiger partial charge in [0, 0.05) is 12.1 Å². The van der Waals surface area contributed by atoms with Crippen molar-refractivity contribution in [2.75, 3.05) is 19.8 Å². The van der Waals surface area contributed by atoms with Crippen LogP contribution in [-0.2, 0) is 23.9 Å². The summed E-state index contributed by atoms with van der Waals surface area (Å²) in [6, 6.07) is -1.57. The van der Waals surface area contributed by atoms with E-state index in [9.17, 15) is 19.5 Å². The Morgan fingerprint density at radius 1 is 1.17 bits per heavy atom. The van der Waals surface area contributed by atoms with Crippen molar-refractivity contribution in [3.8, 4) is 0 Å². The Morgan fingerprint density at radius 3 is 2.37 bits per heavy atom. The van der Waals surface area contributed by atoms with E-state index in [1.165, 1.54) is 0 Å². The largest absolute Gasteiger partial charge is 0.465 e. The van der Waals surface area contributed by atoms with E-state index in [2.05, 4.69) is 33.9 Å². The molecule has 8 heteroatoms. The van der Waals surface area contributed by atoms with Crippen LogP contribution in [0.2, 0.25) is 0 Å². The van der Waals surface area contributed by atoms with Crippen molar-refractivity contribution in [2.24, 2.45) is 23.2 Å². The molecule has 8 nitrogen and oxygen atoms in total. The Labute approximate surface area is 247 Å². The highest BCUT2D eigenvalue weighted by molar-refractivity contribution is 5.99. The third-order valence-electron chi connectivity index (χ3n) is 9.33. The van der Waals surface area contributed by atoms with Crippen LogP contribution in [0.4, 0.5) is 0 Å². The molecule has 0 aromatic rings. The van der Waals surface area contributed by atoms with Crippen molar-refractivity contribution in [2.45, 2.75) is 123 Å². The van der Waals surface area contributed by atoms with E-state index < -0.39 is 46.6 Å². The number of ether oxygens (including phenoxy) is 2. The third-order valence-corrected chi connectivity index (χ3v) is 9.33. The van der Waals surface area contributed by atoms with Crippen LogP contribution in [0.25, 0.3) is 0 Å². The van der Waals surface area contributed by atoms with E-state index in [0.29, 0.717) is 25.8 Å². The summed E-state index contributed by atoms with van der Waals surface area (Å²) >= 11 is 0. The number of allylic oxidation sites excluding steroid dienone is 1. The van der Waals surface area contributed by atoms with Crippen molar-refractivity contribution >= 4 is 17.8 Å². The van der Waals surface area contributed by atoms with Gasteiger partial charge >= 0.3 is 5.97 Å². The van der Waals surface area contributed by atoms with Gasteiger partial charge in [-0.1, -0.05) is 46.8 Å². The molecule has 3 aliphatic rings. The summed E-state index contributed by atoms with van der Waals surface area (Å²) in [7, 11) is 0. The maximum Gasteiger partial charge on any atom is 0.312 e. The Bertz CT molecular complexity index is 1020. The number of esters is 1. The molecule has 0 saturated carbocycles. The zero-order chi connectivity index (χ0) is 31.0. The molecule has 0 radical (unpaired) electrons. The first-order valence-electron chi connectivity index (χ1n) is 15.3. The lowest BCUT2D eigenvalue weighted by atomic mass is 9.66. The Kier molecular flexibility index (Phi) is 9.91. The average Bonchev–Trinajstić information content (AvgIpc) is 3.41. The van der Waals surface area contributed by atoms with E-state index in [-0.39, 0.29) is 36.4 Å². The second-order valence-electron chi connectivity index (χ2n) is 14.7. The van der Waals surface area contributed by atoms with Crippen LogP contribution in [0.3, 0.4) is 0 Å². The molecule has 0 aromatic carbocycles. The molecule has 1 N–H and O–H groups in total. The fourth-order valence-corrected chi connectivity index (χ4v) is 7.94. The van der Waals surface area contributed by atoms with Gasteiger partial charge in [0.15, 0.2) is 0 Å². The smallest absolute Gasteiger partial charge is 0.312 e. The zero-order valence-corrected chi connectivity index (χ0v) is 26.7. The van der Waals surface area contributed by atoms with Crippen LogP contribution in [0.1, 0.15) is 93.9 Å². The standard InChI is InChI=1S/C33H54N2O6/c1-11-13-14-15-19-40-29(39)25-24-27(37)35(23(20-36)22(3)4)26(33(24)17-16-32(25,10)41-33)28(38)34(18-12-2)31(8,9)21-30(5,6)7/h11-12,22-26,36H,1-2,13-21H2,3-10H3/t23-,24-,25+,26?,32-,33?/m0/s1. The Balaban J connectivity index is 2.08. The van der Waals surface area contributed by atoms with Crippen LogP contribution in [-0.4, -0.2) is 81.3 Å². The normalized spacial score (nSPS) is 30.0. The lowest BCUT2D eigenvalue weighted by Gasteiger charge is -2.47. The van der Waals surface area contributed by atoms with E-state index in [4.69, 9.17) is 9.47 Å². The molecule has 3 rings (SSSR count). The molecular formula is C33H54N2O6. The van der Waals surface area contributed by atoms with Gasteiger partial charge in [0.05, 0.1) is 30.8 Å². The number of hydrogen-bond donors (Lipinski definition) is 1. The first kappa shape index (κ1) is 33.3. The number of aliphatic hydroxyl groups excluding tert-OH is 1. The number of hydrogen-bond acceptors (Lipinski definition) is 6. The number of amides is 2. The van der Waals surface area contributed by atoms with Gasteiger partial charge in [-0.05, 0) is 70.6 Å². The van der Waals surface area contributed by atoms with Crippen LogP contribution >= 0.6 is 0 Å². The second kappa shape index (κ2) is 12.2. The van der Waals surface area contributed by atoms with Crippen LogP contribution < -0.4 is 0 Å². The summed E-state index contributed by atoms with van der Waals surface area (Å²) in [6.45, 7) is 24.2. The maximum atomic E-state index is 14.8. The number of carbonyl (C=O) groups is 3. The number of likely N-dealkylation sites (tertiary alicyclic amines) is 1. The SMILES string of the molecule is C=CCCCCOC(=O)[C@H]1[C@H]2C(=O)N([C@@H](CO)C(C)C)C(C(=O)N(CC=C)C(C)(C)CC(C)(C)C)C23CC[C@]1(C)O3. The van der Waals surface area contributed by atoms with E-state index >= 15 is 0 Å². The van der Waals surface area contributed by atoms with Gasteiger partial charge < -0.3 is 24.4 Å². The molecule has 2 unspecified atom stereocenters. The van der Waals surface area contributed by atoms with Crippen molar-refractivity contribution in [1.82, 2.24) is 9.80 Å². The number of aliphatic hydroxyl groups is 1. The molecule has 0 aliphatic carbocycles. The Hall–Kier alpha value is -2.19. The van der Waals surface area contributed by atoms with Gasteiger partial charge in [-0.15, -0.1) is 13.2 Å². The summed E-state index contributed by atoms with van der Waals surface area (Å²) < 4.78 is 12.5. The highest BCUT2D eigenvalue weighted by atomic mass is 16.6. The van der Waals surface area contributed by atoms with Gasteiger partial charge in [0.2, 0.25) is 11.8 Å². The topological polar surface area (TPSA) is 96.4 Å². The monoisotopic (exact) mass is 574 g/mol. The van der Waals surface area contributed by atoms with Crippen molar-refractivity contribution < 1.29 is 29.0 Å². The summed E-state index contributed by atoms with van der Waals surface area (Å²) in [6.07, 6.45) is 7.71. The minimum atomic E-state index is -1.17. The Morgan fingerprint density at radius 2 is 1.83 bits per heavy atom. The summed E-state index contributed by atoms with van der Waals surface area (Å²) in [5.41, 5.74) is -2.68. The molecule has 3 aliphatic heterocycles. The summed E-state index contributed by atoms with van der Waals surface area (Å²) in [5.74, 6) is -2.75. The van der Waals surface area contributed by atoms with Crippen molar-refractivity contribution in [3.63, 3.8) is 0 Å². The molecular weight excluding hydrogens is 520 g/mol. The molecule has 2 amide bonds. The highest BCUT2D eigenvalue weighted by Gasteiger charge is 2.79. The van der Waals surface area contributed by atoms with E-state index in [0.717, 1.165) is 19.3 Å². The van der Waals surface area contributed by atoms with Gasteiger partial charge in [-0.3, -0.25) is 14.4 Å². The average molecular weight is 575 g/mol. The molecule has 1 spiro atoms. The molecule has 6 atom stereocenters. The molecule has 232 valence electrons. The quantitative estimate of drug-likeness (QED) is 0.180. The van der Waals surface area contributed by atoms with Crippen LogP contribution in [0.5, 0.6) is 0 Å². The predicted molar refractivity (Wildman–Crippen MR) is 160 cm³/mol. The minimum Gasteiger partial charge on any atom is -0.465 e. The van der Waals surface area contributed by atoms with E-state index in [1.54, 1.807) is 11.0 Å². The molecule has 3 heterocycles. The van der Waals surface area contributed by atoms with Crippen molar-refractivity contribution in [1.29, 1.82) is 0 Å². The van der Waals surface area contributed by atoms with Crippen LogP contribution in [0.15, 0.2) is 25.3 Å². The number of rotatable bonds is 14. The number of unbranched alkanes of at least 4 members (excludes halogenated alkanes) is 2. The van der Waals surface area contributed by atoms with Gasteiger partial charge in [0.25, 0.3) is 0 Å². The lowest BCUT2D eigenvalue weighted by molar-refractivity contribution is -0.164. The van der Waals surface area contributed by atoms with Crippen molar-refractivity contribution in [3.05, 3.63) is 25.3 Å². The van der Waals surface area contributed by atoms with Crippen LogP contribution in [0, 0.1) is 23.2 Å². The zero-order valence-electron chi connectivity index (χ0n) is 26.7. The molecule has 3 saturated heterocycles.